The molecule has 0 fully saturated rings. The zero-order valence-electron chi connectivity index (χ0n) is 6.66. The third kappa shape index (κ3) is 0.906. The molecule has 0 aliphatic carbocycles. The van der Waals surface area contributed by atoms with Crippen molar-refractivity contribution in [1.82, 2.24) is 9.97 Å². The van der Waals surface area contributed by atoms with Crippen LogP contribution in [0.5, 0.6) is 0 Å². The second-order valence-corrected chi connectivity index (χ2v) is 2.73. The van der Waals surface area contributed by atoms with E-state index in [1.165, 1.54) is 0 Å². The van der Waals surface area contributed by atoms with Crippen molar-refractivity contribution in [2.45, 2.75) is 6.92 Å². The number of carbonyl (C=O) groups is 1. The molecule has 0 atom stereocenters. The molecular weight excluding hydrogens is 152 g/mol. The molecule has 2 aromatic rings. The molecule has 0 aliphatic rings. The van der Waals surface area contributed by atoms with E-state index in [0.29, 0.717) is 5.69 Å². The van der Waals surface area contributed by atoms with Crippen LogP contribution in [0.1, 0.15) is 16.1 Å². The van der Waals surface area contributed by atoms with Gasteiger partial charge >= 0.3 is 0 Å². The average Bonchev–Trinajstić information content (AvgIpc) is 2.49. The molecule has 0 saturated heterocycles. The van der Waals surface area contributed by atoms with Crippen LogP contribution < -0.4 is 0 Å². The van der Waals surface area contributed by atoms with Crippen molar-refractivity contribution >= 4 is 17.3 Å². The van der Waals surface area contributed by atoms with Crippen LogP contribution in [-0.4, -0.2) is 16.3 Å². The van der Waals surface area contributed by atoms with Gasteiger partial charge in [0, 0.05) is 6.20 Å². The molecule has 1 N–H and O–H groups in total. The largest absolute Gasteiger partial charge is 0.351 e. The summed E-state index contributed by atoms with van der Waals surface area (Å²) < 4.78 is 0. The Balaban J connectivity index is 2.82. The van der Waals surface area contributed by atoms with Crippen LogP contribution in [0.15, 0.2) is 18.3 Å². The number of rotatable bonds is 1. The highest BCUT2D eigenvalue weighted by Gasteiger charge is 2.01. The second kappa shape index (κ2) is 2.44. The molecule has 0 spiro atoms. The number of aromatic amines is 1. The maximum atomic E-state index is 10.4. The van der Waals surface area contributed by atoms with E-state index >= 15 is 0 Å². The lowest BCUT2D eigenvalue weighted by Crippen LogP contribution is -1.79. The van der Waals surface area contributed by atoms with Crippen LogP contribution in [0.3, 0.4) is 0 Å². The summed E-state index contributed by atoms with van der Waals surface area (Å²) in [5.41, 5.74) is 3.47. The van der Waals surface area contributed by atoms with Crippen molar-refractivity contribution in [3.05, 3.63) is 29.6 Å². The molecule has 0 aliphatic heterocycles. The first kappa shape index (κ1) is 7.03. The van der Waals surface area contributed by atoms with Crippen LogP contribution in [-0.2, 0) is 0 Å². The zero-order chi connectivity index (χ0) is 8.55. The Hall–Kier alpha value is -1.64. The van der Waals surface area contributed by atoms with Crippen molar-refractivity contribution in [3.8, 4) is 0 Å². The lowest BCUT2D eigenvalue weighted by molar-refractivity contribution is 0.112. The Kier molecular flexibility index (Phi) is 1.43. The minimum Gasteiger partial charge on any atom is -0.351 e. The van der Waals surface area contributed by atoms with Gasteiger partial charge in [-0.2, -0.15) is 0 Å². The molecule has 0 amide bonds. The van der Waals surface area contributed by atoms with Gasteiger partial charge in [0.05, 0.1) is 16.7 Å². The normalized spacial score (nSPS) is 10.4. The maximum Gasteiger partial charge on any atom is 0.166 e. The number of fused-ring (bicyclic) bond motifs is 1. The van der Waals surface area contributed by atoms with E-state index in [-0.39, 0.29) is 0 Å². The van der Waals surface area contributed by atoms with Crippen molar-refractivity contribution < 1.29 is 4.79 Å². The van der Waals surface area contributed by atoms with E-state index < -0.39 is 0 Å². The van der Waals surface area contributed by atoms with Gasteiger partial charge in [-0.3, -0.25) is 9.78 Å². The highest BCUT2D eigenvalue weighted by molar-refractivity contribution is 5.86. The number of H-pyrrole nitrogens is 1. The first-order valence-electron chi connectivity index (χ1n) is 3.71. The van der Waals surface area contributed by atoms with E-state index in [1.807, 2.05) is 13.0 Å². The Labute approximate surface area is 69.4 Å². The van der Waals surface area contributed by atoms with Crippen LogP contribution in [0.4, 0.5) is 0 Å². The molecular formula is C9H8N2O. The number of pyridine rings is 1. The number of nitrogens with one attached hydrogen (secondary N) is 1. The van der Waals surface area contributed by atoms with Gasteiger partial charge in [0.1, 0.15) is 0 Å². The minimum absolute atomic E-state index is 0.576. The average molecular weight is 160 g/mol. The molecule has 60 valence electrons. The third-order valence-corrected chi connectivity index (χ3v) is 1.88. The van der Waals surface area contributed by atoms with Crippen molar-refractivity contribution in [2.24, 2.45) is 0 Å². The van der Waals surface area contributed by atoms with Crippen LogP contribution in [0, 0.1) is 6.92 Å². The van der Waals surface area contributed by atoms with Gasteiger partial charge < -0.3 is 4.98 Å². The standard InChI is InChI=1S/C9H8N2O/c1-6-2-3-10-8-4-7(5-12)11-9(6)8/h2-5,11H,1H3. The topological polar surface area (TPSA) is 45.8 Å². The lowest BCUT2D eigenvalue weighted by Gasteiger charge is -1.91. The summed E-state index contributed by atoms with van der Waals surface area (Å²) in [7, 11) is 0. The van der Waals surface area contributed by atoms with Crippen molar-refractivity contribution in [3.63, 3.8) is 0 Å². The number of aryl methyl sites for hydroxylation is 1. The van der Waals surface area contributed by atoms with Crippen LogP contribution in [0.2, 0.25) is 0 Å². The fraction of sp³-hybridized carbons (Fsp3) is 0.111. The van der Waals surface area contributed by atoms with Crippen molar-refractivity contribution in [2.75, 3.05) is 0 Å². The smallest absolute Gasteiger partial charge is 0.166 e. The third-order valence-electron chi connectivity index (χ3n) is 1.88. The Bertz CT molecular complexity index is 431. The van der Waals surface area contributed by atoms with Gasteiger partial charge in [-0.05, 0) is 24.6 Å². The van der Waals surface area contributed by atoms with E-state index in [1.54, 1.807) is 12.3 Å². The maximum absolute atomic E-state index is 10.4. The summed E-state index contributed by atoms with van der Waals surface area (Å²) in [5, 5.41) is 0. The van der Waals surface area contributed by atoms with Gasteiger partial charge in [-0.15, -0.1) is 0 Å². The summed E-state index contributed by atoms with van der Waals surface area (Å²) >= 11 is 0. The predicted octanol–water partition coefficient (Wildman–Crippen LogP) is 1.68. The van der Waals surface area contributed by atoms with Gasteiger partial charge in [-0.1, -0.05) is 0 Å². The number of aldehydes is 1. The number of carbonyl (C=O) groups excluding carboxylic acids is 1. The van der Waals surface area contributed by atoms with Gasteiger partial charge in [-0.25, -0.2) is 0 Å². The number of nitrogens with zero attached hydrogens (tertiary/aromatic N) is 1. The number of hydrogen-bond acceptors (Lipinski definition) is 2. The first-order chi connectivity index (χ1) is 5.81. The highest BCUT2D eigenvalue weighted by Crippen LogP contribution is 2.14. The summed E-state index contributed by atoms with van der Waals surface area (Å²) in [5.74, 6) is 0. The van der Waals surface area contributed by atoms with E-state index in [9.17, 15) is 4.79 Å². The van der Waals surface area contributed by atoms with Gasteiger partial charge in [0.25, 0.3) is 0 Å². The zero-order valence-corrected chi connectivity index (χ0v) is 6.66. The minimum atomic E-state index is 0.576. The van der Waals surface area contributed by atoms with Gasteiger partial charge in [0.2, 0.25) is 0 Å². The van der Waals surface area contributed by atoms with E-state index in [2.05, 4.69) is 9.97 Å². The quantitative estimate of drug-likeness (QED) is 0.645. The summed E-state index contributed by atoms with van der Waals surface area (Å²) in [6.07, 6.45) is 2.53. The van der Waals surface area contributed by atoms with Crippen molar-refractivity contribution in [1.29, 1.82) is 0 Å². The molecule has 2 heterocycles. The Morgan fingerprint density at radius 1 is 1.58 bits per heavy atom. The van der Waals surface area contributed by atoms with E-state index in [0.717, 1.165) is 22.9 Å². The number of hydrogen-bond donors (Lipinski definition) is 1. The molecule has 2 rings (SSSR count). The SMILES string of the molecule is Cc1ccnc2cc(C=O)[nH]c12. The Morgan fingerprint density at radius 2 is 2.42 bits per heavy atom. The molecule has 2 aromatic heterocycles. The van der Waals surface area contributed by atoms with Crippen LogP contribution >= 0.6 is 0 Å². The summed E-state index contributed by atoms with van der Waals surface area (Å²) in [4.78, 5) is 17.5. The molecule has 0 unspecified atom stereocenters. The van der Waals surface area contributed by atoms with Gasteiger partial charge in [0.15, 0.2) is 6.29 Å². The molecule has 0 radical (unpaired) electrons. The second-order valence-electron chi connectivity index (χ2n) is 2.73. The molecule has 3 nitrogen and oxygen atoms in total. The Morgan fingerprint density at radius 3 is 3.08 bits per heavy atom. The van der Waals surface area contributed by atoms with Crippen LogP contribution in [0.25, 0.3) is 11.0 Å². The highest BCUT2D eigenvalue weighted by atomic mass is 16.1. The summed E-state index contributed by atoms with van der Waals surface area (Å²) in [6.45, 7) is 1.98. The predicted molar refractivity (Wildman–Crippen MR) is 46.2 cm³/mol. The summed E-state index contributed by atoms with van der Waals surface area (Å²) in [6, 6.07) is 3.66. The van der Waals surface area contributed by atoms with E-state index in [4.69, 9.17) is 0 Å². The first-order valence-corrected chi connectivity index (χ1v) is 3.71. The number of aromatic nitrogens is 2. The fourth-order valence-electron chi connectivity index (χ4n) is 1.24. The molecule has 3 heteroatoms. The fourth-order valence-corrected chi connectivity index (χ4v) is 1.24. The monoisotopic (exact) mass is 160 g/mol. The molecule has 0 aromatic carbocycles. The molecule has 0 bridgehead atoms. The molecule has 12 heavy (non-hydrogen) atoms. The molecule has 0 saturated carbocycles. The lowest BCUT2D eigenvalue weighted by atomic mass is 10.2.